The van der Waals surface area contributed by atoms with Crippen molar-refractivity contribution in [1.82, 2.24) is 0 Å². The smallest absolute Gasteiger partial charge is 0.0290 e. The van der Waals surface area contributed by atoms with E-state index in [0.29, 0.717) is 0 Å². The predicted molar refractivity (Wildman–Crippen MR) is 108 cm³/mol. The van der Waals surface area contributed by atoms with E-state index in [0.717, 1.165) is 10.2 Å². The Morgan fingerprint density at radius 1 is 0.591 bits per heavy atom. The second-order valence-corrected chi connectivity index (χ2v) is 11.6. The predicted octanol–water partition coefficient (Wildman–Crippen LogP) is 6.96. The van der Waals surface area contributed by atoms with Crippen LogP contribution in [0.15, 0.2) is 0 Å². The van der Waals surface area contributed by atoms with Crippen LogP contribution in [-0.4, -0.2) is 14.7 Å². The molecule has 0 aromatic rings. The average molecular weight is 347 g/mol. The van der Waals surface area contributed by atoms with Crippen molar-refractivity contribution in [1.29, 1.82) is 0 Å². The van der Waals surface area contributed by atoms with E-state index in [-0.39, 0.29) is 4.50 Å². The minimum atomic E-state index is 0.149. The Hall–Kier alpha value is 0.507. The summed E-state index contributed by atoms with van der Waals surface area (Å²) in [5.74, 6) is 0. The first-order valence-corrected chi connectivity index (χ1v) is 11.6. The van der Waals surface area contributed by atoms with Crippen molar-refractivity contribution in [2.45, 2.75) is 127 Å². The largest absolute Gasteiger partial charge is 0.124 e. The molecule has 0 nitrogen and oxygen atoms in total. The van der Waals surface area contributed by atoms with E-state index in [4.69, 9.17) is 11.6 Å². The summed E-state index contributed by atoms with van der Waals surface area (Å²) in [6.07, 6.45) is 24.3. The number of unbranched alkanes of at least 4 members (excludes halogenated alkanes) is 15. The average Bonchev–Trinajstić information content (AvgIpc) is 2.45. The normalized spacial score (nSPS) is 14.3. The van der Waals surface area contributed by atoms with Gasteiger partial charge in [-0.25, -0.2) is 0 Å². The third kappa shape index (κ3) is 20.5. The Bertz CT molecular complexity index is 210. The third-order valence-corrected chi connectivity index (χ3v) is 5.31. The molecular weight excluding hydrogens is 304 g/mol. The second-order valence-electron chi connectivity index (χ2n) is 7.77. The highest BCUT2D eigenvalue weighted by Crippen LogP contribution is 2.19. The SMILES string of the molecule is CCCCCCCCCCCCCCCCCC[C@@](C)([SiH3])Cl. The lowest BCUT2D eigenvalue weighted by Crippen LogP contribution is -2.15. The molecule has 0 aliphatic carbocycles. The van der Waals surface area contributed by atoms with Gasteiger partial charge in [0.2, 0.25) is 0 Å². The molecule has 0 aliphatic heterocycles. The van der Waals surface area contributed by atoms with Crippen molar-refractivity contribution >= 4 is 21.8 Å². The quantitative estimate of drug-likeness (QED) is 0.152. The van der Waals surface area contributed by atoms with Gasteiger partial charge in [0.25, 0.3) is 0 Å². The molecule has 0 aromatic heterocycles. The topological polar surface area (TPSA) is 0 Å². The lowest BCUT2D eigenvalue weighted by molar-refractivity contribution is 0.525. The van der Waals surface area contributed by atoms with Crippen LogP contribution in [-0.2, 0) is 0 Å². The van der Waals surface area contributed by atoms with Crippen LogP contribution in [0.2, 0.25) is 0 Å². The minimum absolute atomic E-state index is 0.149. The highest BCUT2D eigenvalue weighted by Gasteiger charge is 2.11. The summed E-state index contributed by atoms with van der Waals surface area (Å²) in [4.78, 5) is 0. The summed E-state index contributed by atoms with van der Waals surface area (Å²) in [5, 5.41) is 0. The van der Waals surface area contributed by atoms with Gasteiger partial charge in [-0.2, -0.15) is 0 Å². The molecular formula is C20H43ClSi. The van der Waals surface area contributed by atoms with Crippen LogP contribution in [0, 0.1) is 0 Å². The molecule has 0 rings (SSSR count). The highest BCUT2D eigenvalue weighted by molar-refractivity contribution is 6.44. The Morgan fingerprint density at radius 2 is 0.864 bits per heavy atom. The van der Waals surface area contributed by atoms with Gasteiger partial charge in [-0.05, 0) is 13.3 Å². The third-order valence-electron chi connectivity index (χ3n) is 4.62. The second kappa shape index (κ2) is 16.4. The van der Waals surface area contributed by atoms with Gasteiger partial charge in [0.15, 0.2) is 0 Å². The van der Waals surface area contributed by atoms with Crippen molar-refractivity contribution in [3.63, 3.8) is 0 Å². The summed E-state index contributed by atoms with van der Waals surface area (Å²) in [5.41, 5.74) is 0. The van der Waals surface area contributed by atoms with E-state index in [9.17, 15) is 0 Å². The van der Waals surface area contributed by atoms with E-state index >= 15 is 0 Å². The van der Waals surface area contributed by atoms with E-state index in [1.54, 1.807) is 0 Å². The fourth-order valence-electron chi connectivity index (χ4n) is 3.09. The van der Waals surface area contributed by atoms with Crippen LogP contribution in [0.3, 0.4) is 0 Å². The van der Waals surface area contributed by atoms with Crippen LogP contribution in [0.1, 0.15) is 123 Å². The van der Waals surface area contributed by atoms with Gasteiger partial charge >= 0.3 is 0 Å². The first kappa shape index (κ1) is 22.5. The Morgan fingerprint density at radius 3 is 1.14 bits per heavy atom. The molecule has 0 heterocycles. The molecule has 0 aliphatic rings. The lowest BCUT2D eigenvalue weighted by atomic mass is 10.0. The van der Waals surface area contributed by atoms with Crippen LogP contribution in [0.25, 0.3) is 0 Å². The van der Waals surface area contributed by atoms with Crippen LogP contribution < -0.4 is 0 Å². The zero-order valence-corrected chi connectivity index (χ0v) is 18.7. The van der Waals surface area contributed by atoms with Crippen molar-refractivity contribution in [3.8, 4) is 0 Å². The number of hydrogen-bond donors (Lipinski definition) is 0. The summed E-state index contributed by atoms with van der Waals surface area (Å²) < 4.78 is 0.149. The lowest BCUT2D eigenvalue weighted by Gasteiger charge is -2.14. The molecule has 0 saturated carbocycles. The van der Waals surface area contributed by atoms with Crippen molar-refractivity contribution in [2.75, 3.05) is 0 Å². The van der Waals surface area contributed by atoms with Crippen LogP contribution >= 0.6 is 11.6 Å². The molecule has 0 bridgehead atoms. The van der Waals surface area contributed by atoms with Crippen molar-refractivity contribution < 1.29 is 0 Å². The maximum Gasteiger partial charge on any atom is 0.0290 e. The highest BCUT2D eigenvalue weighted by atomic mass is 35.5. The molecule has 0 amide bonds. The molecule has 2 heteroatoms. The van der Waals surface area contributed by atoms with Gasteiger partial charge < -0.3 is 0 Å². The van der Waals surface area contributed by atoms with Gasteiger partial charge in [-0.3, -0.25) is 0 Å². The Balaban J connectivity index is 3.00. The maximum absolute atomic E-state index is 6.26. The van der Waals surface area contributed by atoms with E-state index in [2.05, 4.69) is 13.8 Å². The van der Waals surface area contributed by atoms with Crippen LogP contribution in [0.4, 0.5) is 0 Å². The van der Waals surface area contributed by atoms with Gasteiger partial charge in [-0.1, -0.05) is 110 Å². The summed E-state index contributed by atoms with van der Waals surface area (Å²) in [6, 6.07) is 0. The summed E-state index contributed by atoms with van der Waals surface area (Å²) in [6.45, 7) is 4.48. The molecule has 0 N–H and O–H groups in total. The molecule has 0 fully saturated rings. The fourth-order valence-corrected chi connectivity index (χ4v) is 3.58. The van der Waals surface area contributed by atoms with Gasteiger partial charge in [0.1, 0.15) is 0 Å². The van der Waals surface area contributed by atoms with Gasteiger partial charge in [-0.15, -0.1) is 11.6 Å². The molecule has 0 radical (unpaired) electrons. The van der Waals surface area contributed by atoms with E-state index in [1.807, 2.05) is 0 Å². The molecule has 0 spiro atoms. The first-order valence-electron chi connectivity index (χ1n) is 10.2. The van der Waals surface area contributed by atoms with E-state index in [1.165, 1.54) is 109 Å². The molecule has 0 saturated heterocycles. The number of halogens is 1. The van der Waals surface area contributed by atoms with E-state index < -0.39 is 0 Å². The zero-order chi connectivity index (χ0) is 16.5. The van der Waals surface area contributed by atoms with Crippen LogP contribution in [0.5, 0.6) is 0 Å². The van der Waals surface area contributed by atoms with Crippen molar-refractivity contribution in [3.05, 3.63) is 0 Å². The summed E-state index contributed by atoms with van der Waals surface area (Å²) in [7, 11) is 1.11. The molecule has 22 heavy (non-hydrogen) atoms. The van der Waals surface area contributed by atoms with Gasteiger partial charge in [0, 0.05) is 14.7 Å². The maximum atomic E-state index is 6.26. The Kier molecular flexibility index (Phi) is 16.7. The number of hydrogen-bond acceptors (Lipinski definition) is 0. The molecule has 0 unspecified atom stereocenters. The fraction of sp³-hybridized carbons (Fsp3) is 1.00. The number of alkyl halides is 1. The molecule has 0 aromatic carbocycles. The number of rotatable bonds is 17. The summed E-state index contributed by atoms with van der Waals surface area (Å²) >= 11 is 6.26. The van der Waals surface area contributed by atoms with Gasteiger partial charge in [0.05, 0.1) is 0 Å². The zero-order valence-electron chi connectivity index (χ0n) is 15.9. The first-order chi connectivity index (χ1) is 10.6. The minimum Gasteiger partial charge on any atom is -0.124 e. The Labute approximate surface area is 149 Å². The standard InChI is InChI=1S/C20H43ClSi/c1-3-4-5-6-7-8-9-10-11-12-13-14-15-16-17-18-19-20(2,21)22/h3-19H2,1-2,22H3/t20-/m1/s1. The monoisotopic (exact) mass is 346 g/mol. The molecule has 1 atom stereocenters. The van der Waals surface area contributed by atoms with Crippen molar-refractivity contribution in [2.24, 2.45) is 0 Å². The molecule has 134 valence electrons.